The van der Waals surface area contributed by atoms with Gasteiger partial charge in [-0.15, -0.1) is 0 Å². The summed E-state index contributed by atoms with van der Waals surface area (Å²) in [7, 11) is 0. The van der Waals surface area contributed by atoms with Crippen molar-refractivity contribution in [2.24, 2.45) is 0 Å². The Kier molecular flexibility index (Phi) is 2.46. The third-order valence-corrected chi connectivity index (χ3v) is 1.40. The number of hydrogen-bond donors (Lipinski definition) is 0. The van der Waals surface area contributed by atoms with Gasteiger partial charge in [0.1, 0.15) is 0 Å². The number of hydrogen-bond acceptors (Lipinski definition) is 4. The molecule has 11 heavy (non-hydrogen) atoms. The van der Waals surface area contributed by atoms with Gasteiger partial charge in [-0.2, -0.15) is 0 Å². The van der Waals surface area contributed by atoms with Crippen LogP contribution in [0, 0.1) is 0 Å². The molecule has 1 rings (SSSR count). The van der Waals surface area contributed by atoms with Crippen molar-refractivity contribution < 1.29 is 19.0 Å². The van der Waals surface area contributed by atoms with Crippen molar-refractivity contribution in [2.75, 3.05) is 13.2 Å². The Labute approximate surface area is 65.4 Å². The summed E-state index contributed by atoms with van der Waals surface area (Å²) < 4.78 is 15.0. The molecule has 0 aliphatic carbocycles. The van der Waals surface area contributed by atoms with E-state index >= 15 is 0 Å². The monoisotopic (exact) mass is 160 g/mol. The third kappa shape index (κ3) is 2.17. The van der Waals surface area contributed by atoms with Gasteiger partial charge in [0.2, 0.25) is 0 Å². The molecular formula is C7H12O4. The topological polar surface area (TPSA) is 44.8 Å². The first-order valence-electron chi connectivity index (χ1n) is 3.66. The average Bonchev–Trinajstić information content (AvgIpc) is 2.36. The minimum absolute atomic E-state index is 0.311. The molecule has 4 nitrogen and oxygen atoms in total. The molecule has 4 heteroatoms. The molecule has 0 unspecified atom stereocenters. The lowest BCUT2D eigenvalue weighted by Crippen LogP contribution is -2.32. The van der Waals surface area contributed by atoms with Crippen molar-refractivity contribution in [1.82, 2.24) is 0 Å². The van der Waals surface area contributed by atoms with Gasteiger partial charge in [0.05, 0.1) is 13.2 Å². The van der Waals surface area contributed by atoms with Crippen LogP contribution in [0.5, 0.6) is 0 Å². The Hall–Kier alpha value is -0.610. The van der Waals surface area contributed by atoms with Gasteiger partial charge >= 0.3 is 11.9 Å². The lowest BCUT2D eigenvalue weighted by molar-refractivity contribution is -0.301. The van der Waals surface area contributed by atoms with Crippen LogP contribution in [-0.2, 0) is 19.0 Å². The second-order valence-electron chi connectivity index (χ2n) is 2.39. The van der Waals surface area contributed by atoms with Crippen LogP contribution < -0.4 is 0 Å². The Balaban J connectivity index is 2.39. The maximum Gasteiger partial charge on any atom is 0.326 e. The molecule has 0 atom stereocenters. The number of rotatable bonds is 2. The number of ether oxygens (including phenoxy) is 3. The van der Waals surface area contributed by atoms with E-state index in [2.05, 4.69) is 0 Å². The lowest BCUT2D eigenvalue weighted by Gasteiger charge is -2.21. The van der Waals surface area contributed by atoms with Crippen LogP contribution in [0.15, 0.2) is 0 Å². The van der Waals surface area contributed by atoms with Crippen molar-refractivity contribution >= 4 is 5.97 Å². The molecule has 0 aromatic rings. The van der Waals surface area contributed by atoms with Gasteiger partial charge in [0.15, 0.2) is 0 Å². The zero-order valence-electron chi connectivity index (χ0n) is 6.75. The fourth-order valence-electron chi connectivity index (χ4n) is 0.834. The van der Waals surface area contributed by atoms with E-state index in [4.69, 9.17) is 14.2 Å². The van der Waals surface area contributed by atoms with Gasteiger partial charge in [0.25, 0.3) is 0 Å². The minimum atomic E-state index is -1.13. The van der Waals surface area contributed by atoms with Gasteiger partial charge in [-0.3, -0.25) is 4.79 Å². The summed E-state index contributed by atoms with van der Waals surface area (Å²) in [5.41, 5.74) is 0. The molecule has 0 amide bonds. The summed E-state index contributed by atoms with van der Waals surface area (Å²) in [6.07, 6.45) is 0.336. The third-order valence-electron chi connectivity index (χ3n) is 1.40. The van der Waals surface area contributed by atoms with Crippen molar-refractivity contribution in [3.05, 3.63) is 0 Å². The molecule has 0 bridgehead atoms. The first-order chi connectivity index (χ1) is 5.16. The zero-order valence-corrected chi connectivity index (χ0v) is 6.75. The molecule has 0 saturated carbocycles. The smallest absolute Gasteiger partial charge is 0.326 e. The Bertz CT molecular complexity index is 149. The largest absolute Gasteiger partial charge is 0.408 e. The van der Waals surface area contributed by atoms with Crippen LogP contribution in [0.3, 0.4) is 0 Å². The zero-order chi connectivity index (χ0) is 8.32. The molecule has 0 radical (unpaired) electrons. The summed E-state index contributed by atoms with van der Waals surface area (Å²) in [4.78, 5) is 10.8. The van der Waals surface area contributed by atoms with Gasteiger partial charge < -0.3 is 14.2 Å². The molecule has 1 aliphatic rings. The van der Waals surface area contributed by atoms with Crippen LogP contribution in [0.4, 0.5) is 0 Å². The fourth-order valence-corrected chi connectivity index (χ4v) is 0.834. The van der Waals surface area contributed by atoms with Crippen molar-refractivity contribution in [1.29, 1.82) is 0 Å². The summed E-state index contributed by atoms with van der Waals surface area (Å²) >= 11 is 0. The molecule has 0 spiro atoms. The molecule has 0 aromatic carbocycles. The van der Waals surface area contributed by atoms with Gasteiger partial charge in [-0.05, 0) is 0 Å². The van der Waals surface area contributed by atoms with E-state index in [9.17, 15) is 4.79 Å². The number of carbonyl (C=O) groups excluding carboxylic acids is 1. The standard InChI is InChI=1S/C7H12O4/c1-3-6(8)11-7(2)9-4-5-10-7/h3-5H2,1-2H3. The average molecular weight is 160 g/mol. The minimum Gasteiger partial charge on any atom is -0.408 e. The Morgan fingerprint density at radius 1 is 1.55 bits per heavy atom. The van der Waals surface area contributed by atoms with Crippen molar-refractivity contribution in [3.63, 3.8) is 0 Å². The van der Waals surface area contributed by atoms with Gasteiger partial charge in [0, 0.05) is 13.3 Å². The SMILES string of the molecule is CCC(=O)OC1(C)OCCO1. The second kappa shape index (κ2) is 3.19. The highest BCUT2D eigenvalue weighted by molar-refractivity contribution is 5.69. The molecule has 1 fully saturated rings. The maximum absolute atomic E-state index is 10.8. The highest BCUT2D eigenvalue weighted by Crippen LogP contribution is 2.20. The van der Waals surface area contributed by atoms with Crippen LogP contribution in [0.25, 0.3) is 0 Å². The summed E-state index contributed by atoms with van der Waals surface area (Å²) in [5.74, 6) is -1.44. The summed E-state index contributed by atoms with van der Waals surface area (Å²) in [6.45, 7) is 4.27. The van der Waals surface area contributed by atoms with E-state index in [1.807, 2.05) is 0 Å². The quantitative estimate of drug-likeness (QED) is 0.556. The highest BCUT2D eigenvalue weighted by atomic mass is 16.9. The summed E-state index contributed by atoms with van der Waals surface area (Å²) in [5, 5.41) is 0. The van der Waals surface area contributed by atoms with Crippen LogP contribution in [-0.4, -0.2) is 25.2 Å². The van der Waals surface area contributed by atoms with E-state index in [1.165, 1.54) is 0 Å². The first kappa shape index (κ1) is 8.49. The molecule has 1 heterocycles. The van der Waals surface area contributed by atoms with E-state index in [0.717, 1.165) is 0 Å². The van der Waals surface area contributed by atoms with Crippen LogP contribution in [0.2, 0.25) is 0 Å². The fraction of sp³-hybridized carbons (Fsp3) is 0.857. The molecule has 64 valence electrons. The van der Waals surface area contributed by atoms with E-state index in [1.54, 1.807) is 13.8 Å². The highest BCUT2D eigenvalue weighted by Gasteiger charge is 2.34. The normalized spacial score (nSPS) is 21.6. The van der Waals surface area contributed by atoms with Crippen molar-refractivity contribution in [3.8, 4) is 0 Å². The molecule has 0 aromatic heterocycles. The molecule has 0 N–H and O–H groups in total. The van der Waals surface area contributed by atoms with Crippen LogP contribution in [0.1, 0.15) is 20.3 Å². The summed E-state index contributed by atoms with van der Waals surface area (Å²) in [6, 6.07) is 0. The number of carbonyl (C=O) groups is 1. The van der Waals surface area contributed by atoms with E-state index in [0.29, 0.717) is 19.6 Å². The first-order valence-corrected chi connectivity index (χ1v) is 3.66. The molecule has 1 saturated heterocycles. The molecular weight excluding hydrogens is 148 g/mol. The lowest BCUT2D eigenvalue weighted by atomic mass is 10.5. The van der Waals surface area contributed by atoms with E-state index < -0.39 is 5.97 Å². The predicted octanol–water partition coefficient (Wildman–Crippen LogP) is 0.660. The van der Waals surface area contributed by atoms with Gasteiger partial charge in [-0.25, -0.2) is 0 Å². The molecule has 1 aliphatic heterocycles. The predicted molar refractivity (Wildman–Crippen MR) is 36.7 cm³/mol. The van der Waals surface area contributed by atoms with Gasteiger partial charge in [-0.1, -0.05) is 6.92 Å². The van der Waals surface area contributed by atoms with Crippen molar-refractivity contribution in [2.45, 2.75) is 26.2 Å². The van der Waals surface area contributed by atoms with E-state index in [-0.39, 0.29) is 5.97 Å². The van der Waals surface area contributed by atoms with Crippen LogP contribution >= 0.6 is 0 Å². The Morgan fingerprint density at radius 2 is 2.09 bits per heavy atom. The maximum atomic E-state index is 10.8. The second-order valence-corrected chi connectivity index (χ2v) is 2.39. The Morgan fingerprint density at radius 3 is 2.55 bits per heavy atom. The number of esters is 1.